The van der Waals surface area contributed by atoms with Crippen LogP contribution in [0.2, 0.25) is 0 Å². The van der Waals surface area contributed by atoms with E-state index in [0.717, 1.165) is 31.7 Å². The lowest BCUT2D eigenvalue weighted by Crippen LogP contribution is -2.39. The van der Waals surface area contributed by atoms with E-state index in [1.54, 1.807) is 7.11 Å². The number of carbonyl (C=O) groups is 1. The Kier molecular flexibility index (Phi) is 6.13. The normalized spacial score (nSPS) is 20.7. The van der Waals surface area contributed by atoms with Gasteiger partial charge in [-0.2, -0.15) is 0 Å². The molecular formula is C20H30N2O2. The van der Waals surface area contributed by atoms with E-state index in [0.29, 0.717) is 6.54 Å². The van der Waals surface area contributed by atoms with E-state index in [4.69, 9.17) is 4.74 Å². The van der Waals surface area contributed by atoms with Crippen LogP contribution in [0.15, 0.2) is 24.3 Å². The highest BCUT2D eigenvalue weighted by atomic mass is 16.5. The highest BCUT2D eigenvalue weighted by molar-refractivity contribution is 5.78. The van der Waals surface area contributed by atoms with Crippen molar-refractivity contribution in [1.29, 1.82) is 0 Å². The Morgan fingerprint density at radius 1 is 1.17 bits per heavy atom. The maximum atomic E-state index is 12.5. The fourth-order valence-corrected chi connectivity index (χ4v) is 4.14. The van der Waals surface area contributed by atoms with Crippen molar-refractivity contribution in [3.05, 3.63) is 29.8 Å². The van der Waals surface area contributed by atoms with E-state index in [1.165, 1.54) is 37.7 Å². The van der Waals surface area contributed by atoms with Gasteiger partial charge >= 0.3 is 0 Å². The molecule has 1 saturated carbocycles. The number of ether oxygens (including phenoxy) is 1. The number of rotatable bonds is 6. The molecule has 1 aliphatic heterocycles. The van der Waals surface area contributed by atoms with Crippen LogP contribution in [0.3, 0.4) is 0 Å². The minimum atomic E-state index is 0.205. The average molecular weight is 330 g/mol. The van der Waals surface area contributed by atoms with Crippen LogP contribution in [-0.4, -0.2) is 37.6 Å². The van der Waals surface area contributed by atoms with Crippen LogP contribution >= 0.6 is 0 Å². The number of likely N-dealkylation sites (tertiary alicyclic amines) is 1. The molecule has 4 heteroatoms. The zero-order valence-corrected chi connectivity index (χ0v) is 14.8. The van der Waals surface area contributed by atoms with Gasteiger partial charge in [-0.25, -0.2) is 0 Å². The number of carbonyl (C=O) groups excluding carboxylic acids is 1. The highest BCUT2D eigenvalue weighted by Gasteiger charge is 2.28. The molecule has 132 valence electrons. The third-order valence-electron chi connectivity index (χ3n) is 5.52. The summed E-state index contributed by atoms with van der Waals surface area (Å²) in [6.45, 7) is 2.87. The van der Waals surface area contributed by atoms with Gasteiger partial charge in [0.2, 0.25) is 5.91 Å². The molecule has 2 fully saturated rings. The molecule has 1 aromatic carbocycles. The number of nitrogens with one attached hydrogen (secondary N) is 1. The molecule has 1 heterocycles. The summed E-state index contributed by atoms with van der Waals surface area (Å²) >= 11 is 0. The van der Waals surface area contributed by atoms with Crippen LogP contribution in [0.4, 0.5) is 0 Å². The third kappa shape index (κ3) is 4.10. The number of hydrogen-bond donors (Lipinski definition) is 1. The van der Waals surface area contributed by atoms with E-state index >= 15 is 0 Å². The quantitative estimate of drug-likeness (QED) is 0.867. The average Bonchev–Trinajstić information content (AvgIpc) is 3.17. The minimum absolute atomic E-state index is 0.205. The number of hydrogen-bond acceptors (Lipinski definition) is 3. The van der Waals surface area contributed by atoms with Gasteiger partial charge in [0.15, 0.2) is 0 Å². The number of nitrogens with zero attached hydrogens (tertiary/aromatic N) is 1. The molecule has 0 spiro atoms. The van der Waals surface area contributed by atoms with Crippen LogP contribution in [0.25, 0.3) is 0 Å². The Labute approximate surface area is 145 Å². The Morgan fingerprint density at radius 2 is 1.88 bits per heavy atom. The Morgan fingerprint density at radius 3 is 2.58 bits per heavy atom. The molecule has 1 atom stereocenters. The van der Waals surface area contributed by atoms with E-state index in [1.807, 2.05) is 12.1 Å². The molecule has 1 aromatic rings. The first-order chi connectivity index (χ1) is 11.8. The Balaban J connectivity index is 1.69. The van der Waals surface area contributed by atoms with Gasteiger partial charge in [0.25, 0.3) is 0 Å². The molecule has 1 N–H and O–H groups in total. The van der Waals surface area contributed by atoms with E-state index < -0.39 is 0 Å². The van der Waals surface area contributed by atoms with Gasteiger partial charge in [-0.05, 0) is 44.8 Å². The van der Waals surface area contributed by atoms with Gasteiger partial charge in [-0.15, -0.1) is 0 Å². The van der Waals surface area contributed by atoms with Crippen molar-refractivity contribution in [2.45, 2.75) is 51.0 Å². The first-order valence-electron chi connectivity index (χ1n) is 9.44. The first kappa shape index (κ1) is 17.3. The fraction of sp³-hybridized carbons (Fsp3) is 0.650. The van der Waals surface area contributed by atoms with Crippen molar-refractivity contribution in [3.8, 4) is 5.75 Å². The summed E-state index contributed by atoms with van der Waals surface area (Å²) in [5, 5.41) is 3.24. The second kappa shape index (κ2) is 8.52. The standard InChI is InChI=1S/C20H30N2O2/c1-24-19-12-6-5-11-17(19)18(22-13-7-8-14-22)15-21-20(23)16-9-3-2-4-10-16/h5-6,11-12,16,18H,2-4,7-10,13-15H2,1H3,(H,21,23)/t18-/m1/s1. The minimum Gasteiger partial charge on any atom is -0.496 e. The smallest absolute Gasteiger partial charge is 0.223 e. The lowest BCUT2D eigenvalue weighted by molar-refractivity contribution is -0.126. The van der Waals surface area contributed by atoms with Crippen molar-refractivity contribution in [2.75, 3.05) is 26.7 Å². The largest absolute Gasteiger partial charge is 0.496 e. The molecule has 1 aliphatic carbocycles. The van der Waals surface area contributed by atoms with Crippen LogP contribution in [0.1, 0.15) is 56.6 Å². The summed E-state index contributed by atoms with van der Waals surface area (Å²) in [6, 6.07) is 8.42. The van der Waals surface area contributed by atoms with Gasteiger partial charge in [-0.1, -0.05) is 37.5 Å². The van der Waals surface area contributed by atoms with Crippen LogP contribution < -0.4 is 10.1 Å². The summed E-state index contributed by atoms with van der Waals surface area (Å²) in [6.07, 6.45) is 8.25. The van der Waals surface area contributed by atoms with Gasteiger partial charge in [0.1, 0.15) is 5.75 Å². The van der Waals surface area contributed by atoms with Crippen LogP contribution in [0.5, 0.6) is 5.75 Å². The summed E-state index contributed by atoms with van der Waals surface area (Å²) < 4.78 is 5.57. The topological polar surface area (TPSA) is 41.6 Å². The Hall–Kier alpha value is -1.55. The number of para-hydroxylation sites is 1. The van der Waals surface area contributed by atoms with E-state index in [-0.39, 0.29) is 17.9 Å². The number of methoxy groups -OCH3 is 1. The van der Waals surface area contributed by atoms with Crippen molar-refractivity contribution < 1.29 is 9.53 Å². The van der Waals surface area contributed by atoms with Crippen LogP contribution in [0, 0.1) is 5.92 Å². The van der Waals surface area contributed by atoms with Gasteiger partial charge in [0, 0.05) is 18.0 Å². The molecule has 1 saturated heterocycles. The zero-order valence-electron chi connectivity index (χ0n) is 14.8. The first-order valence-corrected chi connectivity index (χ1v) is 9.44. The molecule has 0 radical (unpaired) electrons. The molecule has 2 aliphatic rings. The van der Waals surface area contributed by atoms with E-state index in [9.17, 15) is 4.79 Å². The SMILES string of the molecule is COc1ccccc1[C@@H](CNC(=O)C1CCCCC1)N1CCCC1. The van der Waals surface area contributed by atoms with Crippen molar-refractivity contribution in [1.82, 2.24) is 10.2 Å². The van der Waals surface area contributed by atoms with Crippen molar-refractivity contribution >= 4 is 5.91 Å². The van der Waals surface area contributed by atoms with E-state index in [2.05, 4.69) is 22.3 Å². The molecule has 4 nitrogen and oxygen atoms in total. The monoisotopic (exact) mass is 330 g/mol. The molecule has 1 amide bonds. The number of amides is 1. The maximum absolute atomic E-state index is 12.5. The summed E-state index contributed by atoms with van der Waals surface area (Å²) in [4.78, 5) is 15.0. The maximum Gasteiger partial charge on any atom is 0.223 e. The molecule has 0 aromatic heterocycles. The lowest BCUT2D eigenvalue weighted by Gasteiger charge is -2.30. The predicted molar refractivity (Wildman–Crippen MR) is 96.1 cm³/mol. The van der Waals surface area contributed by atoms with Gasteiger partial charge < -0.3 is 10.1 Å². The summed E-state index contributed by atoms with van der Waals surface area (Å²) in [5.41, 5.74) is 1.19. The third-order valence-corrected chi connectivity index (χ3v) is 5.52. The fourth-order valence-electron chi connectivity index (χ4n) is 4.14. The summed E-state index contributed by atoms with van der Waals surface area (Å²) in [5.74, 6) is 1.38. The molecule has 0 bridgehead atoms. The number of benzene rings is 1. The second-order valence-electron chi connectivity index (χ2n) is 7.08. The second-order valence-corrected chi connectivity index (χ2v) is 7.08. The van der Waals surface area contributed by atoms with Gasteiger partial charge in [-0.3, -0.25) is 9.69 Å². The molecular weight excluding hydrogens is 300 g/mol. The highest BCUT2D eigenvalue weighted by Crippen LogP contribution is 2.31. The molecule has 0 unspecified atom stereocenters. The lowest BCUT2D eigenvalue weighted by atomic mass is 9.88. The van der Waals surface area contributed by atoms with Gasteiger partial charge in [0.05, 0.1) is 13.2 Å². The zero-order chi connectivity index (χ0) is 16.8. The van der Waals surface area contributed by atoms with Crippen LogP contribution in [-0.2, 0) is 4.79 Å². The van der Waals surface area contributed by atoms with Crippen molar-refractivity contribution in [2.24, 2.45) is 5.92 Å². The molecule has 24 heavy (non-hydrogen) atoms. The summed E-state index contributed by atoms with van der Waals surface area (Å²) in [7, 11) is 1.72. The molecule has 3 rings (SSSR count). The Bertz CT molecular complexity index is 534. The van der Waals surface area contributed by atoms with Crippen molar-refractivity contribution in [3.63, 3.8) is 0 Å². The predicted octanol–water partition coefficient (Wildman–Crippen LogP) is 3.53.